The zero-order valence-electron chi connectivity index (χ0n) is 16.4. The monoisotopic (exact) mass is 464 g/mol. The molecule has 6 rings (SSSR count). The zero-order chi connectivity index (χ0) is 17.9. The van der Waals surface area contributed by atoms with Gasteiger partial charge in [0.2, 0.25) is 0 Å². The molecule has 4 bridgehead atoms. The van der Waals surface area contributed by atoms with Gasteiger partial charge in [-0.1, -0.05) is 0 Å². The Morgan fingerprint density at radius 1 is 0.962 bits per heavy atom. The van der Waals surface area contributed by atoms with Crippen molar-refractivity contribution in [2.24, 2.45) is 33.9 Å². The number of halogens is 1. The second-order valence-corrected chi connectivity index (χ2v) is 15.6. The van der Waals surface area contributed by atoms with Gasteiger partial charge in [-0.05, 0) is 0 Å². The quantitative estimate of drug-likeness (QED) is 0.254. The van der Waals surface area contributed by atoms with Crippen molar-refractivity contribution >= 4 is 31.3 Å². The number of alkyl halides is 2. The number of aliphatic imine (C=N–C) groups is 1. The van der Waals surface area contributed by atoms with E-state index in [1.54, 1.807) is 3.57 Å². The second kappa shape index (κ2) is 6.49. The molecule has 2 N–H and O–H groups in total. The van der Waals surface area contributed by atoms with Crippen molar-refractivity contribution < 1.29 is 0 Å². The fraction of sp³-hybridized carbons (Fsp3) is 0.696. The maximum absolute atomic E-state index is 6.76. The second-order valence-electron chi connectivity index (χ2n) is 9.62. The molecule has 0 aromatic heterocycles. The van der Waals surface area contributed by atoms with E-state index in [1.807, 2.05) is 0 Å². The number of nitrogens with zero attached hydrogens (tertiary/aromatic N) is 1. The molecule has 4 saturated carbocycles. The van der Waals surface area contributed by atoms with Crippen LogP contribution in [0.1, 0.15) is 62.5 Å². The molecule has 1 saturated heterocycles. The Hall–Kier alpha value is -0.580. The van der Waals surface area contributed by atoms with E-state index >= 15 is 0 Å². The van der Waals surface area contributed by atoms with Crippen molar-refractivity contribution in [2.75, 3.05) is 8.86 Å². The number of aryl methyl sites for hydroxylation is 2. The van der Waals surface area contributed by atoms with E-state index < -0.39 is 19.8 Å². The molecule has 5 aliphatic rings. The van der Waals surface area contributed by atoms with Gasteiger partial charge in [-0.3, -0.25) is 0 Å². The van der Waals surface area contributed by atoms with Crippen LogP contribution in [0.25, 0.3) is 0 Å². The molecule has 0 unspecified atom stereocenters. The van der Waals surface area contributed by atoms with Gasteiger partial charge in [0.15, 0.2) is 0 Å². The molecule has 142 valence electrons. The van der Waals surface area contributed by atoms with E-state index in [0.717, 1.165) is 23.6 Å². The molecule has 26 heavy (non-hydrogen) atoms. The average Bonchev–Trinajstić information content (AvgIpc) is 3.11. The first-order valence-electron chi connectivity index (χ1n) is 10.6. The van der Waals surface area contributed by atoms with Gasteiger partial charge in [0.1, 0.15) is 0 Å². The molecule has 1 aliphatic heterocycles. The SMILES string of the molecule is Cc1cc(I2CCCC2)cc(C)c1N=C(N)C12CC3CC(CC(C3)C1)C2. The van der Waals surface area contributed by atoms with Crippen molar-refractivity contribution in [3.8, 4) is 0 Å². The maximum atomic E-state index is 6.76. The summed E-state index contributed by atoms with van der Waals surface area (Å²) < 4.78 is 4.72. The van der Waals surface area contributed by atoms with Crippen LogP contribution < -0.4 is 5.73 Å². The number of nitrogens with two attached hydrogens (primary N) is 1. The molecule has 4 aliphatic carbocycles. The summed E-state index contributed by atoms with van der Waals surface area (Å²) in [6, 6.07) is 4.93. The summed E-state index contributed by atoms with van der Waals surface area (Å²) >= 11 is -0.867. The van der Waals surface area contributed by atoms with Gasteiger partial charge in [0.05, 0.1) is 0 Å². The molecular weight excluding hydrogens is 431 g/mol. The third kappa shape index (κ3) is 2.93. The summed E-state index contributed by atoms with van der Waals surface area (Å²) in [7, 11) is 0. The van der Waals surface area contributed by atoms with Crippen LogP contribution >= 0.6 is 19.8 Å². The van der Waals surface area contributed by atoms with Gasteiger partial charge < -0.3 is 0 Å². The number of rotatable bonds is 3. The van der Waals surface area contributed by atoms with E-state index in [0.29, 0.717) is 0 Å². The van der Waals surface area contributed by atoms with Gasteiger partial charge >= 0.3 is 166 Å². The molecule has 0 amide bonds. The summed E-state index contributed by atoms with van der Waals surface area (Å²) in [5.41, 5.74) is 10.9. The first-order valence-corrected chi connectivity index (χ1v) is 14.7. The first kappa shape index (κ1) is 17.5. The molecule has 0 radical (unpaired) electrons. The average molecular weight is 464 g/mol. The first-order chi connectivity index (χ1) is 12.5. The number of hydrogen-bond acceptors (Lipinski definition) is 1. The summed E-state index contributed by atoms with van der Waals surface area (Å²) in [5.74, 6) is 3.74. The molecule has 0 atom stereocenters. The molecule has 1 heterocycles. The van der Waals surface area contributed by atoms with E-state index in [1.165, 1.54) is 77.0 Å². The molecule has 5 fully saturated rings. The van der Waals surface area contributed by atoms with Gasteiger partial charge in [-0.25, -0.2) is 0 Å². The van der Waals surface area contributed by atoms with Gasteiger partial charge in [0, 0.05) is 0 Å². The Balaban J connectivity index is 1.46. The minimum atomic E-state index is -0.867. The Morgan fingerprint density at radius 2 is 1.46 bits per heavy atom. The van der Waals surface area contributed by atoms with Crippen molar-refractivity contribution in [3.05, 3.63) is 26.8 Å². The Bertz CT molecular complexity index is 686. The Morgan fingerprint density at radius 3 is 1.96 bits per heavy atom. The van der Waals surface area contributed by atoms with Crippen LogP contribution in [-0.4, -0.2) is 14.7 Å². The Labute approximate surface area is 165 Å². The molecule has 1 aromatic carbocycles. The standard InChI is InChI=1S/C23H33IN2/c1-15-7-20(24-5-3-4-6-24)8-16(2)21(15)26-22(25)23-12-17-9-18(13-23)11-19(10-17)14-23/h7-8,17-19H,3-6,9-14H2,1-2H3,(H2,25,26). The van der Waals surface area contributed by atoms with Crippen LogP contribution in [0.5, 0.6) is 0 Å². The van der Waals surface area contributed by atoms with E-state index in [4.69, 9.17) is 10.7 Å². The van der Waals surface area contributed by atoms with Crippen LogP contribution in [0.4, 0.5) is 5.69 Å². The zero-order valence-corrected chi connectivity index (χ0v) is 18.5. The minimum absolute atomic E-state index is 0.230. The van der Waals surface area contributed by atoms with Gasteiger partial charge in [-0.2, -0.15) is 0 Å². The number of hydrogen-bond donors (Lipinski definition) is 1. The third-order valence-corrected chi connectivity index (χ3v) is 14.1. The molecule has 2 nitrogen and oxygen atoms in total. The summed E-state index contributed by atoms with van der Waals surface area (Å²) in [4.78, 5) is 5.13. The van der Waals surface area contributed by atoms with Crippen molar-refractivity contribution in [3.63, 3.8) is 0 Å². The summed E-state index contributed by atoms with van der Waals surface area (Å²) in [6.45, 7) is 4.52. The van der Waals surface area contributed by atoms with E-state index in [9.17, 15) is 0 Å². The van der Waals surface area contributed by atoms with E-state index in [2.05, 4.69) is 26.0 Å². The Kier molecular flexibility index (Phi) is 4.37. The van der Waals surface area contributed by atoms with Crippen molar-refractivity contribution in [1.82, 2.24) is 0 Å². The molecular formula is C23H33IN2. The number of benzene rings is 1. The topological polar surface area (TPSA) is 38.4 Å². The predicted molar refractivity (Wildman–Crippen MR) is 119 cm³/mol. The van der Waals surface area contributed by atoms with Crippen LogP contribution in [0.3, 0.4) is 0 Å². The van der Waals surface area contributed by atoms with Crippen molar-refractivity contribution in [2.45, 2.75) is 65.2 Å². The number of amidine groups is 1. The molecule has 1 aromatic rings. The molecule has 3 heteroatoms. The third-order valence-electron chi connectivity index (χ3n) is 7.55. The summed E-state index contributed by atoms with van der Waals surface area (Å²) in [6.07, 6.45) is 11.2. The van der Waals surface area contributed by atoms with Crippen molar-refractivity contribution in [1.29, 1.82) is 0 Å². The predicted octanol–water partition coefficient (Wildman–Crippen LogP) is 5.98. The normalized spacial score (nSPS) is 37.5. The van der Waals surface area contributed by atoms with Gasteiger partial charge in [0.25, 0.3) is 0 Å². The van der Waals surface area contributed by atoms with Crippen LogP contribution in [-0.2, 0) is 0 Å². The van der Waals surface area contributed by atoms with Crippen LogP contribution in [0, 0.1) is 40.6 Å². The van der Waals surface area contributed by atoms with E-state index in [-0.39, 0.29) is 5.41 Å². The summed E-state index contributed by atoms with van der Waals surface area (Å²) in [5, 5.41) is 0. The van der Waals surface area contributed by atoms with Crippen LogP contribution in [0.15, 0.2) is 17.1 Å². The fourth-order valence-electron chi connectivity index (χ4n) is 6.72. The molecule has 0 spiro atoms. The van der Waals surface area contributed by atoms with Crippen LogP contribution in [0.2, 0.25) is 0 Å². The van der Waals surface area contributed by atoms with Gasteiger partial charge in [-0.15, -0.1) is 0 Å². The fourth-order valence-corrected chi connectivity index (χ4v) is 13.2.